The van der Waals surface area contributed by atoms with Crippen molar-refractivity contribution in [3.63, 3.8) is 0 Å². The molecule has 0 radical (unpaired) electrons. The second-order valence-electron chi connectivity index (χ2n) is 11.0. The van der Waals surface area contributed by atoms with Crippen molar-refractivity contribution >= 4 is 11.9 Å². The summed E-state index contributed by atoms with van der Waals surface area (Å²) in [5.74, 6) is -0.388. The van der Waals surface area contributed by atoms with Crippen LogP contribution in [0.1, 0.15) is 123 Å². The maximum absolute atomic E-state index is 11.9. The Morgan fingerprint density at radius 1 is 0.362 bits per heavy atom. The molecule has 0 aliphatic heterocycles. The van der Waals surface area contributed by atoms with Gasteiger partial charge in [-0.05, 0) is 89.9 Å². The highest BCUT2D eigenvalue weighted by atomic mass is 16.5. The normalized spacial score (nSPS) is 13.0. The molecule has 0 atom stereocenters. The van der Waals surface area contributed by atoms with Gasteiger partial charge >= 0.3 is 11.9 Å². The lowest BCUT2D eigenvalue weighted by molar-refractivity contribution is -0.146. The summed E-state index contributed by atoms with van der Waals surface area (Å²) in [5.41, 5.74) is 0. The molecule has 0 saturated carbocycles. The van der Waals surface area contributed by atoms with E-state index in [1.54, 1.807) is 0 Å². The molecule has 0 fully saturated rings. The SMILES string of the molecule is CC/C=C\C/C=C\C/C=C\C/C=C\C/C=C\CCCC(=O)OCCCOC(=O)CCC/C=C\C/C=C\C/C=C\C/C=C\C/C=C\CC. The van der Waals surface area contributed by atoms with Crippen LogP contribution in [0, 0.1) is 0 Å². The molecule has 0 amide bonds. The van der Waals surface area contributed by atoms with Crippen LogP contribution in [0.15, 0.2) is 122 Å². The summed E-state index contributed by atoms with van der Waals surface area (Å²) in [6.45, 7) is 4.87. The topological polar surface area (TPSA) is 52.6 Å². The number of carbonyl (C=O) groups excluding carboxylic acids is 2. The van der Waals surface area contributed by atoms with Crippen molar-refractivity contribution in [1.82, 2.24) is 0 Å². The molecule has 47 heavy (non-hydrogen) atoms. The third-order valence-corrected chi connectivity index (χ3v) is 6.63. The summed E-state index contributed by atoms with van der Waals surface area (Å²) in [6.07, 6.45) is 58.1. The zero-order chi connectivity index (χ0) is 34.1. The Balaban J connectivity index is 3.58. The predicted octanol–water partition coefficient (Wildman–Crippen LogP) is 12.3. The molecule has 0 aromatic rings. The van der Waals surface area contributed by atoms with Crippen molar-refractivity contribution in [2.24, 2.45) is 0 Å². The fraction of sp³-hybridized carbons (Fsp3) is 0.488. The molecular formula is C43H64O4. The predicted molar refractivity (Wildman–Crippen MR) is 203 cm³/mol. The van der Waals surface area contributed by atoms with Crippen molar-refractivity contribution in [3.8, 4) is 0 Å². The van der Waals surface area contributed by atoms with Crippen LogP contribution in [0.25, 0.3) is 0 Å². The van der Waals surface area contributed by atoms with Crippen LogP contribution in [0.4, 0.5) is 0 Å². The van der Waals surface area contributed by atoms with Crippen molar-refractivity contribution in [3.05, 3.63) is 122 Å². The second kappa shape index (κ2) is 38.5. The second-order valence-corrected chi connectivity index (χ2v) is 11.0. The Morgan fingerprint density at radius 3 is 0.894 bits per heavy atom. The average molecular weight is 645 g/mol. The van der Waals surface area contributed by atoms with E-state index in [0.717, 1.165) is 89.9 Å². The maximum atomic E-state index is 11.9. The van der Waals surface area contributed by atoms with Crippen LogP contribution >= 0.6 is 0 Å². The van der Waals surface area contributed by atoms with E-state index in [2.05, 4.69) is 135 Å². The molecule has 0 aliphatic carbocycles. The van der Waals surface area contributed by atoms with Gasteiger partial charge in [-0.1, -0.05) is 135 Å². The van der Waals surface area contributed by atoms with Gasteiger partial charge in [-0.3, -0.25) is 9.59 Å². The molecule has 0 rings (SSSR count). The lowest BCUT2D eigenvalue weighted by atomic mass is 10.2. The summed E-state index contributed by atoms with van der Waals surface area (Å²) in [6, 6.07) is 0. The first kappa shape index (κ1) is 43.3. The molecule has 0 N–H and O–H groups in total. The number of allylic oxidation sites excluding steroid dienone is 20. The maximum Gasteiger partial charge on any atom is 0.305 e. The van der Waals surface area contributed by atoms with E-state index in [0.29, 0.717) is 19.3 Å². The molecule has 0 aromatic carbocycles. The first-order valence-corrected chi connectivity index (χ1v) is 18.0. The fourth-order valence-electron chi connectivity index (χ4n) is 4.04. The molecule has 0 spiro atoms. The Labute approximate surface area is 288 Å². The first-order valence-electron chi connectivity index (χ1n) is 18.0. The van der Waals surface area contributed by atoms with Crippen LogP contribution in [0.5, 0.6) is 0 Å². The number of ether oxygens (including phenoxy) is 2. The van der Waals surface area contributed by atoms with Gasteiger partial charge in [-0.15, -0.1) is 0 Å². The summed E-state index contributed by atoms with van der Waals surface area (Å²) < 4.78 is 10.5. The van der Waals surface area contributed by atoms with Crippen LogP contribution in [-0.2, 0) is 19.1 Å². The van der Waals surface area contributed by atoms with Crippen LogP contribution < -0.4 is 0 Å². The molecular weight excluding hydrogens is 580 g/mol. The lowest BCUT2D eigenvalue weighted by Crippen LogP contribution is -2.10. The zero-order valence-corrected chi connectivity index (χ0v) is 29.6. The number of esters is 2. The van der Waals surface area contributed by atoms with Gasteiger partial charge in [-0.2, -0.15) is 0 Å². The van der Waals surface area contributed by atoms with Gasteiger partial charge in [0.2, 0.25) is 0 Å². The van der Waals surface area contributed by atoms with Crippen molar-refractivity contribution in [2.75, 3.05) is 13.2 Å². The van der Waals surface area contributed by atoms with Gasteiger partial charge in [-0.25, -0.2) is 0 Å². The first-order chi connectivity index (χ1) is 23.2. The van der Waals surface area contributed by atoms with E-state index < -0.39 is 0 Å². The molecule has 0 saturated heterocycles. The highest BCUT2D eigenvalue weighted by Crippen LogP contribution is 2.04. The Hall–Kier alpha value is -3.66. The minimum Gasteiger partial charge on any atom is -0.466 e. The van der Waals surface area contributed by atoms with Crippen LogP contribution in [-0.4, -0.2) is 25.2 Å². The lowest BCUT2D eigenvalue weighted by Gasteiger charge is -2.06. The number of carbonyl (C=O) groups is 2. The van der Waals surface area contributed by atoms with Crippen molar-refractivity contribution < 1.29 is 19.1 Å². The summed E-state index contributed by atoms with van der Waals surface area (Å²) in [7, 11) is 0. The van der Waals surface area contributed by atoms with Gasteiger partial charge in [0.25, 0.3) is 0 Å². The van der Waals surface area contributed by atoms with Crippen LogP contribution in [0.3, 0.4) is 0 Å². The monoisotopic (exact) mass is 644 g/mol. The molecule has 0 aromatic heterocycles. The third kappa shape index (κ3) is 38.4. The Bertz CT molecular complexity index is 948. The summed E-state index contributed by atoms with van der Waals surface area (Å²) >= 11 is 0. The van der Waals surface area contributed by atoms with Gasteiger partial charge in [0.15, 0.2) is 0 Å². The quantitative estimate of drug-likeness (QED) is 0.0443. The highest BCUT2D eigenvalue weighted by Gasteiger charge is 2.04. The highest BCUT2D eigenvalue weighted by molar-refractivity contribution is 5.69. The summed E-state index contributed by atoms with van der Waals surface area (Å²) in [4.78, 5) is 23.8. The molecule has 0 aliphatic rings. The Morgan fingerprint density at radius 2 is 0.617 bits per heavy atom. The van der Waals surface area contributed by atoms with E-state index in [1.165, 1.54) is 0 Å². The molecule has 0 bridgehead atoms. The minimum absolute atomic E-state index is 0.194. The van der Waals surface area contributed by atoms with E-state index in [9.17, 15) is 9.59 Å². The zero-order valence-electron chi connectivity index (χ0n) is 29.6. The van der Waals surface area contributed by atoms with Gasteiger partial charge in [0.1, 0.15) is 0 Å². The summed E-state index contributed by atoms with van der Waals surface area (Å²) in [5, 5.41) is 0. The smallest absolute Gasteiger partial charge is 0.305 e. The minimum atomic E-state index is -0.194. The third-order valence-electron chi connectivity index (χ3n) is 6.63. The van der Waals surface area contributed by atoms with E-state index in [1.807, 2.05) is 0 Å². The van der Waals surface area contributed by atoms with E-state index in [4.69, 9.17) is 9.47 Å². The Kier molecular flexibility index (Phi) is 35.5. The standard InChI is InChI=1S/C43H64O4/c1-3-5-7-9-11-13-15-17-19-21-23-25-27-29-31-33-35-38-42(44)46-40-37-41-47-43(45)39-36-34-32-30-28-26-24-22-20-18-16-14-12-10-8-6-4-2/h5-8,11-14,17-20,23-26,29-32H,3-4,9-10,15-16,21-22,27-28,33-41H2,1-2H3/b7-5-,8-6-,13-11-,14-12-,19-17-,20-18-,25-23-,26-24-,31-29-,32-30-. The van der Waals surface area contributed by atoms with Gasteiger partial charge in [0.05, 0.1) is 13.2 Å². The average Bonchev–Trinajstić information content (AvgIpc) is 3.07. The molecule has 0 unspecified atom stereocenters. The number of hydrogen-bond acceptors (Lipinski definition) is 4. The van der Waals surface area contributed by atoms with Crippen LogP contribution in [0.2, 0.25) is 0 Å². The number of hydrogen-bond donors (Lipinski definition) is 0. The van der Waals surface area contributed by atoms with Crippen molar-refractivity contribution in [2.45, 2.75) is 123 Å². The van der Waals surface area contributed by atoms with Gasteiger partial charge < -0.3 is 9.47 Å². The largest absolute Gasteiger partial charge is 0.466 e. The van der Waals surface area contributed by atoms with E-state index in [-0.39, 0.29) is 25.2 Å². The van der Waals surface area contributed by atoms with Crippen molar-refractivity contribution in [1.29, 1.82) is 0 Å². The molecule has 260 valence electrons. The fourth-order valence-corrected chi connectivity index (χ4v) is 4.04. The number of unbranched alkanes of at least 4 members (excludes halogenated alkanes) is 2. The van der Waals surface area contributed by atoms with E-state index >= 15 is 0 Å². The molecule has 4 heteroatoms. The van der Waals surface area contributed by atoms with Gasteiger partial charge in [0, 0.05) is 19.3 Å². The molecule has 0 heterocycles. The molecule has 4 nitrogen and oxygen atoms in total. The number of rotatable bonds is 30.